The van der Waals surface area contributed by atoms with Crippen LogP contribution in [0.15, 0.2) is 36.5 Å². The van der Waals surface area contributed by atoms with E-state index in [0.29, 0.717) is 22.5 Å². The first-order valence-electron chi connectivity index (χ1n) is 12.3. The number of esters is 1. The Morgan fingerprint density at radius 1 is 1.19 bits per heavy atom. The Hall–Kier alpha value is -3.34. The van der Waals surface area contributed by atoms with E-state index in [4.69, 9.17) is 4.74 Å². The van der Waals surface area contributed by atoms with Gasteiger partial charge in [-0.3, -0.25) is 4.79 Å². The molecule has 1 amide bonds. The number of anilines is 2. The Kier molecular flexibility index (Phi) is 6.74. The summed E-state index contributed by atoms with van der Waals surface area (Å²) in [7, 11) is 0. The lowest BCUT2D eigenvalue weighted by molar-refractivity contribution is -0.173. The quantitative estimate of drug-likeness (QED) is 0.377. The molecule has 196 valence electrons. The molecule has 0 saturated heterocycles. The van der Waals surface area contributed by atoms with Gasteiger partial charge in [-0.1, -0.05) is 30.3 Å². The van der Waals surface area contributed by atoms with E-state index in [1.54, 1.807) is 44.2 Å². The number of carbonyl (C=O) groups excluding carboxylic acids is 2. The number of nitrogens with zero attached hydrogens (tertiary/aromatic N) is 2. The molecular formula is C26H27F3N4O3S. The van der Waals surface area contributed by atoms with E-state index in [-0.39, 0.29) is 23.9 Å². The van der Waals surface area contributed by atoms with Crippen molar-refractivity contribution in [1.82, 2.24) is 9.78 Å². The van der Waals surface area contributed by atoms with Gasteiger partial charge in [0.15, 0.2) is 6.04 Å². The Morgan fingerprint density at radius 2 is 1.92 bits per heavy atom. The number of benzene rings is 1. The number of amides is 1. The second-order valence-electron chi connectivity index (χ2n) is 9.58. The fourth-order valence-electron chi connectivity index (χ4n) is 4.95. The van der Waals surface area contributed by atoms with E-state index in [2.05, 4.69) is 15.7 Å². The van der Waals surface area contributed by atoms with Crippen molar-refractivity contribution >= 4 is 34.0 Å². The first-order chi connectivity index (χ1) is 17.6. The summed E-state index contributed by atoms with van der Waals surface area (Å²) in [5.74, 6) is -1.16. The molecule has 2 N–H and O–H groups in total. The number of aromatic nitrogens is 2. The lowest BCUT2D eigenvalue weighted by Crippen LogP contribution is -2.36. The molecule has 0 bridgehead atoms. The minimum atomic E-state index is -4.55. The molecule has 11 heteroatoms. The highest BCUT2D eigenvalue weighted by Gasteiger charge is 2.47. The van der Waals surface area contributed by atoms with Gasteiger partial charge in [-0.05, 0) is 50.7 Å². The summed E-state index contributed by atoms with van der Waals surface area (Å²) in [4.78, 5) is 27.4. The topological polar surface area (TPSA) is 85.2 Å². The van der Waals surface area contributed by atoms with Crippen LogP contribution < -0.4 is 10.6 Å². The number of ether oxygens (including phenoxy) is 1. The van der Waals surface area contributed by atoms with Crippen molar-refractivity contribution < 1.29 is 27.5 Å². The number of halogens is 3. The monoisotopic (exact) mass is 532 g/mol. The number of alkyl halides is 3. The predicted molar refractivity (Wildman–Crippen MR) is 134 cm³/mol. The third kappa shape index (κ3) is 4.96. The molecule has 5 rings (SSSR count). The molecule has 37 heavy (non-hydrogen) atoms. The van der Waals surface area contributed by atoms with Crippen molar-refractivity contribution in [1.29, 1.82) is 0 Å². The number of thiophene rings is 1. The molecule has 2 atom stereocenters. The maximum absolute atomic E-state index is 14.0. The average Bonchev–Trinajstić information content (AvgIpc) is 3.44. The van der Waals surface area contributed by atoms with Crippen molar-refractivity contribution in [3.05, 3.63) is 63.7 Å². The molecule has 2 aromatic heterocycles. The molecule has 1 aliphatic heterocycles. The van der Waals surface area contributed by atoms with E-state index < -0.39 is 30.1 Å². The zero-order valence-corrected chi connectivity index (χ0v) is 21.2. The van der Waals surface area contributed by atoms with Crippen LogP contribution in [0.4, 0.5) is 24.0 Å². The normalized spacial score (nSPS) is 19.1. The van der Waals surface area contributed by atoms with Gasteiger partial charge >= 0.3 is 12.1 Å². The van der Waals surface area contributed by atoms with Crippen molar-refractivity contribution in [3.8, 4) is 0 Å². The fraction of sp³-hybridized carbons (Fsp3) is 0.423. The summed E-state index contributed by atoms with van der Waals surface area (Å²) in [6.45, 7) is 3.50. The SMILES string of the molecule is CC(C)OC(=O)c1c(NC(=O)c2cnn3c2N[C@@H](c2ccccc2)C[C@@H]3C(F)(F)F)sc2c1CCCC2. The second kappa shape index (κ2) is 9.85. The molecule has 3 heterocycles. The van der Waals surface area contributed by atoms with E-state index in [1.807, 2.05) is 0 Å². The van der Waals surface area contributed by atoms with Crippen molar-refractivity contribution in [3.63, 3.8) is 0 Å². The standard InChI is InChI=1S/C26H27F3N4O3S/c1-14(2)36-25(35)21-16-10-6-7-11-19(16)37-24(21)32-23(34)17-13-30-33-20(26(27,28)29)12-18(31-22(17)33)15-8-4-3-5-9-15/h3-5,8-9,13-14,18,20,31H,6-7,10-12H2,1-2H3,(H,32,34)/t18-,20-/m1/s1. The van der Waals surface area contributed by atoms with E-state index in [0.717, 1.165) is 40.6 Å². The second-order valence-corrected chi connectivity index (χ2v) is 10.7. The average molecular weight is 533 g/mol. The molecule has 3 aromatic rings. The number of hydrogen-bond acceptors (Lipinski definition) is 6. The van der Waals surface area contributed by atoms with E-state index in [1.165, 1.54) is 11.3 Å². The Bertz CT molecular complexity index is 1320. The summed E-state index contributed by atoms with van der Waals surface area (Å²) in [6.07, 6.45) is -0.578. The van der Waals surface area contributed by atoms with Crippen LogP contribution in [0.1, 0.15) is 81.9 Å². The molecule has 1 aliphatic carbocycles. The summed E-state index contributed by atoms with van der Waals surface area (Å²) in [6, 6.07) is 6.26. The highest BCUT2D eigenvalue weighted by atomic mass is 32.1. The summed E-state index contributed by atoms with van der Waals surface area (Å²) >= 11 is 1.32. The van der Waals surface area contributed by atoms with Gasteiger partial charge in [0, 0.05) is 11.3 Å². The zero-order chi connectivity index (χ0) is 26.3. The molecule has 0 radical (unpaired) electrons. The highest BCUT2D eigenvalue weighted by molar-refractivity contribution is 7.17. The summed E-state index contributed by atoms with van der Waals surface area (Å²) < 4.78 is 48.3. The third-order valence-corrected chi connectivity index (χ3v) is 7.84. The van der Waals surface area contributed by atoms with Gasteiger partial charge in [-0.15, -0.1) is 11.3 Å². The van der Waals surface area contributed by atoms with Crippen LogP contribution in [0.25, 0.3) is 0 Å². The van der Waals surface area contributed by atoms with Gasteiger partial charge in [-0.25, -0.2) is 9.48 Å². The number of rotatable bonds is 5. The van der Waals surface area contributed by atoms with Crippen LogP contribution in [-0.4, -0.2) is 33.9 Å². The van der Waals surface area contributed by atoms with Crippen molar-refractivity contribution in [2.45, 2.75) is 70.3 Å². The van der Waals surface area contributed by atoms with Crippen molar-refractivity contribution in [2.75, 3.05) is 10.6 Å². The number of aryl methyl sites for hydroxylation is 1. The van der Waals surface area contributed by atoms with Crippen LogP contribution >= 0.6 is 11.3 Å². The van der Waals surface area contributed by atoms with Crippen LogP contribution in [0.3, 0.4) is 0 Å². The fourth-order valence-corrected chi connectivity index (χ4v) is 6.22. The first kappa shape index (κ1) is 25.3. The van der Waals surface area contributed by atoms with Gasteiger partial charge < -0.3 is 15.4 Å². The number of carbonyl (C=O) groups is 2. The van der Waals surface area contributed by atoms with Crippen LogP contribution in [0.5, 0.6) is 0 Å². The molecular weight excluding hydrogens is 505 g/mol. The lowest BCUT2D eigenvalue weighted by Gasteiger charge is -2.34. The molecule has 0 unspecified atom stereocenters. The Labute approximate surface area is 216 Å². The number of hydrogen-bond donors (Lipinski definition) is 2. The van der Waals surface area contributed by atoms with Crippen LogP contribution in [-0.2, 0) is 17.6 Å². The number of nitrogens with one attached hydrogen (secondary N) is 2. The lowest BCUT2D eigenvalue weighted by atomic mass is 9.95. The molecule has 1 aromatic carbocycles. The maximum atomic E-state index is 14.0. The van der Waals surface area contributed by atoms with Gasteiger partial charge in [-0.2, -0.15) is 18.3 Å². The van der Waals surface area contributed by atoms with Crippen molar-refractivity contribution in [2.24, 2.45) is 0 Å². The smallest absolute Gasteiger partial charge is 0.410 e. The van der Waals surface area contributed by atoms with E-state index >= 15 is 0 Å². The predicted octanol–water partition coefficient (Wildman–Crippen LogP) is 6.30. The summed E-state index contributed by atoms with van der Waals surface area (Å²) in [5, 5.41) is 10.2. The third-order valence-electron chi connectivity index (χ3n) is 6.63. The molecule has 7 nitrogen and oxygen atoms in total. The largest absolute Gasteiger partial charge is 0.459 e. The van der Waals surface area contributed by atoms with Gasteiger partial charge in [0.1, 0.15) is 16.4 Å². The highest BCUT2D eigenvalue weighted by Crippen LogP contribution is 2.45. The molecule has 0 saturated carbocycles. The van der Waals surface area contributed by atoms with Gasteiger partial charge in [0.2, 0.25) is 0 Å². The molecule has 0 fully saturated rings. The van der Waals surface area contributed by atoms with Crippen LogP contribution in [0.2, 0.25) is 0 Å². The minimum absolute atomic E-state index is 0.00689. The van der Waals surface area contributed by atoms with Crippen LogP contribution in [0, 0.1) is 0 Å². The Morgan fingerprint density at radius 3 is 2.62 bits per heavy atom. The number of fused-ring (bicyclic) bond motifs is 2. The maximum Gasteiger partial charge on any atom is 0.410 e. The Balaban J connectivity index is 1.49. The zero-order valence-electron chi connectivity index (χ0n) is 20.4. The van der Waals surface area contributed by atoms with Gasteiger partial charge in [0.25, 0.3) is 5.91 Å². The minimum Gasteiger partial charge on any atom is -0.459 e. The van der Waals surface area contributed by atoms with Gasteiger partial charge in [0.05, 0.1) is 23.9 Å². The summed E-state index contributed by atoms with van der Waals surface area (Å²) in [5.41, 5.74) is 1.88. The first-order valence-corrected chi connectivity index (χ1v) is 13.1. The molecule has 0 spiro atoms. The molecule has 2 aliphatic rings. The van der Waals surface area contributed by atoms with E-state index in [9.17, 15) is 22.8 Å².